The molecule has 0 bridgehead atoms. The summed E-state index contributed by atoms with van der Waals surface area (Å²) in [7, 11) is 0. The van der Waals surface area contributed by atoms with Crippen molar-refractivity contribution < 1.29 is 9.90 Å². The molecule has 0 aromatic heterocycles. The van der Waals surface area contributed by atoms with Gasteiger partial charge in [0.1, 0.15) is 5.75 Å². The lowest BCUT2D eigenvalue weighted by Gasteiger charge is -2.12. The molecule has 1 N–H and O–H groups in total. The number of nitrogens with zero attached hydrogens (tertiary/aromatic N) is 2. The van der Waals surface area contributed by atoms with Crippen molar-refractivity contribution in [3.63, 3.8) is 0 Å². The number of benzene rings is 2. The zero-order valence-electron chi connectivity index (χ0n) is 14.3. The number of aliphatic imine (C=N–C) groups is 1. The average Bonchev–Trinajstić information content (AvgIpc) is 2.92. The molecule has 1 fully saturated rings. The first kappa shape index (κ1) is 17.3. The maximum absolute atomic E-state index is 12.7. The zero-order chi connectivity index (χ0) is 17.8. The normalized spacial score (nSPS) is 17.7. The zero-order valence-corrected chi connectivity index (χ0v) is 15.1. The molecule has 0 spiro atoms. The summed E-state index contributed by atoms with van der Waals surface area (Å²) >= 11 is 1.39. The summed E-state index contributed by atoms with van der Waals surface area (Å²) in [4.78, 5) is 19.7. The van der Waals surface area contributed by atoms with E-state index < -0.39 is 0 Å². The minimum absolute atomic E-state index is 0.0340. The Bertz CT molecular complexity index is 841. The molecule has 25 heavy (non-hydrogen) atoms. The first-order valence-corrected chi connectivity index (χ1v) is 9.11. The molecule has 1 heterocycles. The molecule has 1 aliphatic rings. The lowest BCUT2D eigenvalue weighted by Crippen LogP contribution is -2.28. The fraction of sp³-hybridized carbons (Fsp3) is 0.200. The van der Waals surface area contributed by atoms with E-state index >= 15 is 0 Å². The molecule has 4 nitrogen and oxygen atoms in total. The van der Waals surface area contributed by atoms with Gasteiger partial charge in [0.25, 0.3) is 5.91 Å². The second-order valence-electron chi connectivity index (χ2n) is 5.63. The number of likely N-dealkylation sites (N-methyl/N-ethyl adjacent to an activating group) is 1. The van der Waals surface area contributed by atoms with E-state index in [1.165, 1.54) is 11.8 Å². The molecule has 0 saturated carbocycles. The van der Waals surface area contributed by atoms with Crippen molar-refractivity contribution in [1.82, 2.24) is 4.90 Å². The van der Waals surface area contributed by atoms with Gasteiger partial charge < -0.3 is 5.11 Å². The van der Waals surface area contributed by atoms with Gasteiger partial charge in [-0.05, 0) is 60.5 Å². The van der Waals surface area contributed by atoms with Crippen LogP contribution in [0, 0.1) is 0 Å². The van der Waals surface area contributed by atoms with Crippen molar-refractivity contribution in [2.45, 2.75) is 20.3 Å². The molecule has 0 aliphatic carbocycles. The number of amides is 1. The molecule has 1 saturated heterocycles. The van der Waals surface area contributed by atoms with Gasteiger partial charge in [-0.3, -0.25) is 9.69 Å². The third-order valence-corrected chi connectivity index (χ3v) is 4.99. The number of aryl methyl sites for hydroxylation is 1. The van der Waals surface area contributed by atoms with Gasteiger partial charge in [0, 0.05) is 6.54 Å². The van der Waals surface area contributed by atoms with Crippen LogP contribution in [0.25, 0.3) is 6.08 Å². The summed E-state index contributed by atoms with van der Waals surface area (Å²) in [5.74, 6) is 0.175. The van der Waals surface area contributed by atoms with Gasteiger partial charge in [0.2, 0.25) is 0 Å². The molecule has 2 aromatic rings. The highest BCUT2D eigenvalue weighted by Crippen LogP contribution is 2.34. The number of para-hydroxylation sites is 1. The molecule has 1 aliphatic heterocycles. The topological polar surface area (TPSA) is 52.9 Å². The largest absolute Gasteiger partial charge is 0.508 e. The molecule has 128 valence electrons. The number of phenols is 1. The number of amidine groups is 1. The smallest absolute Gasteiger partial charge is 0.266 e. The Balaban J connectivity index is 1.95. The molecule has 2 aromatic carbocycles. The Morgan fingerprint density at radius 3 is 2.52 bits per heavy atom. The molecule has 3 rings (SSSR count). The third-order valence-electron chi connectivity index (χ3n) is 3.98. The standard InChI is InChI=1S/C20H20N2O2S/c1-3-15-7-5-6-8-17(15)21-20-22(4-2)19(24)18(25-20)13-14-9-11-16(23)12-10-14/h5-13,23H,3-4H2,1-2H3/b18-13+,21-20?. The molecule has 0 unspecified atom stereocenters. The Morgan fingerprint density at radius 2 is 1.84 bits per heavy atom. The number of carbonyl (C=O) groups is 1. The van der Waals surface area contributed by atoms with E-state index in [0.29, 0.717) is 16.6 Å². The lowest BCUT2D eigenvalue weighted by molar-refractivity contribution is -0.122. The van der Waals surface area contributed by atoms with Gasteiger partial charge in [0.15, 0.2) is 5.17 Å². The van der Waals surface area contributed by atoms with Crippen molar-refractivity contribution >= 4 is 34.6 Å². The number of rotatable bonds is 4. The molecule has 1 amide bonds. The summed E-state index contributed by atoms with van der Waals surface area (Å²) in [6, 6.07) is 14.8. The highest BCUT2D eigenvalue weighted by atomic mass is 32.2. The van der Waals surface area contributed by atoms with E-state index in [-0.39, 0.29) is 11.7 Å². The van der Waals surface area contributed by atoms with Gasteiger partial charge >= 0.3 is 0 Å². The number of carbonyl (C=O) groups excluding carboxylic acids is 1. The van der Waals surface area contributed by atoms with E-state index in [2.05, 4.69) is 13.0 Å². The van der Waals surface area contributed by atoms with Crippen LogP contribution < -0.4 is 0 Å². The quantitative estimate of drug-likeness (QED) is 0.820. The lowest BCUT2D eigenvalue weighted by atomic mass is 10.1. The van der Waals surface area contributed by atoms with Crippen molar-refractivity contribution in [3.8, 4) is 5.75 Å². The molecular formula is C20H20N2O2S. The predicted molar refractivity (Wildman–Crippen MR) is 104 cm³/mol. The van der Waals surface area contributed by atoms with Gasteiger partial charge in [0.05, 0.1) is 10.6 Å². The first-order chi connectivity index (χ1) is 12.1. The molecular weight excluding hydrogens is 332 g/mol. The molecule has 0 radical (unpaired) electrons. The van der Waals surface area contributed by atoms with Gasteiger partial charge in [-0.15, -0.1) is 0 Å². The van der Waals surface area contributed by atoms with Gasteiger partial charge in [-0.1, -0.05) is 37.3 Å². The maximum Gasteiger partial charge on any atom is 0.266 e. The number of phenolic OH excluding ortho intramolecular Hbond substituents is 1. The summed E-state index contributed by atoms with van der Waals surface area (Å²) in [6.07, 6.45) is 2.73. The van der Waals surface area contributed by atoms with E-state index in [0.717, 1.165) is 23.2 Å². The average molecular weight is 352 g/mol. The summed E-state index contributed by atoms with van der Waals surface area (Å²) in [5, 5.41) is 10.1. The second kappa shape index (κ2) is 7.57. The van der Waals surface area contributed by atoms with Crippen LogP contribution in [-0.4, -0.2) is 27.6 Å². The van der Waals surface area contributed by atoms with Crippen LogP contribution in [0.4, 0.5) is 5.69 Å². The van der Waals surface area contributed by atoms with Crippen molar-refractivity contribution in [1.29, 1.82) is 0 Å². The SMILES string of the molecule is CCc1ccccc1N=C1S/C(=C/c2ccc(O)cc2)C(=O)N1CC. The predicted octanol–water partition coefficient (Wildman–Crippen LogP) is 4.58. The Morgan fingerprint density at radius 1 is 1.12 bits per heavy atom. The van der Waals surface area contributed by atoms with E-state index in [9.17, 15) is 9.90 Å². The highest BCUT2D eigenvalue weighted by molar-refractivity contribution is 8.18. The Kier molecular flexibility index (Phi) is 5.24. The maximum atomic E-state index is 12.7. The molecule has 0 atom stereocenters. The number of hydrogen-bond donors (Lipinski definition) is 1. The fourth-order valence-electron chi connectivity index (χ4n) is 2.61. The van der Waals surface area contributed by atoms with Gasteiger partial charge in [-0.25, -0.2) is 4.99 Å². The van der Waals surface area contributed by atoms with Crippen LogP contribution in [-0.2, 0) is 11.2 Å². The minimum Gasteiger partial charge on any atom is -0.508 e. The van der Waals surface area contributed by atoms with Gasteiger partial charge in [-0.2, -0.15) is 0 Å². The summed E-state index contributed by atoms with van der Waals surface area (Å²) in [6.45, 7) is 4.62. The third kappa shape index (κ3) is 3.77. The van der Waals surface area contributed by atoms with Crippen molar-refractivity contribution in [2.75, 3.05) is 6.54 Å². The first-order valence-electron chi connectivity index (χ1n) is 8.29. The molecule has 5 heteroatoms. The van der Waals surface area contributed by atoms with Crippen molar-refractivity contribution in [2.24, 2.45) is 4.99 Å². The number of thioether (sulfide) groups is 1. The van der Waals surface area contributed by atoms with Crippen LogP contribution >= 0.6 is 11.8 Å². The van der Waals surface area contributed by atoms with Crippen LogP contribution in [0.5, 0.6) is 5.75 Å². The minimum atomic E-state index is -0.0340. The Labute approximate surface area is 151 Å². The van der Waals surface area contributed by atoms with Crippen LogP contribution in [0.1, 0.15) is 25.0 Å². The fourth-order valence-corrected chi connectivity index (χ4v) is 3.67. The van der Waals surface area contributed by atoms with Crippen LogP contribution in [0.2, 0.25) is 0 Å². The van der Waals surface area contributed by atoms with Crippen LogP contribution in [0.15, 0.2) is 58.4 Å². The summed E-state index contributed by atoms with van der Waals surface area (Å²) < 4.78 is 0. The highest BCUT2D eigenvalue weighted by Gasteiger charge is 2.32. The van der Waals surface area contributed by atoms with Crippen molar-refractivity contribution in [3.05, 3.63) is 64.6 Å². The Hall–Kier alpha value is -2.53. The van der Waals surface area contributed by atoms with Crippen LogP contribution in [0.3, 0.4) is 0 Å². The monoisotopic (exact) mass is 352 g/mol. The number of hydrogen-bond acceptors (Lipinski definition) is 4. The second-order valence-corrected chi connectivity index (χ2v) is 6.64. The summed E-state index contributed by atoms with van der Waals surface area (Å²) in [5.41, 5.74) is 2.94. The van der Waals surface area contributed by atoms with E-state index in [1.54, 1.807) is 29.2 Å². The number of aromatic hydroxyl groups is 1. The van der Waals surface area contributed by atoms with E-state index in [1.807, 2.05) is 31.2 Å². The van der Waals surface area contributed by atoms with E-state index in [4.69, 9.17) is 4.99 Å².